The minimum Gasteiger partial charge on any atom is -0.466 e. The minimum atomic E-state index is -0.565. The van der Waals surface area contributed by atoms with Crippen molar-refractivity contribution >= 4 is 24.0 Å². The fourth-order valence-corrected chi connectivity index (χ4v) is 7.02. The maximum atomic E-state index is 13.0. The Balaban J connectivity index is 4.76. The molecular formula is C50H96N2O10. The summed E-state index contributed by atoms with van der Waals surface area (Å²) in [6, 6.07) is 0. The molecule has 1 atom stereocenters. The second kappa shape index (κ2) is 46.5. The Morgan fingerprint density at radius 3 is 1.29 bits per heavy atom. The van der Waals surface area contributed by atoms with Gasteiger partial charge in [0.05, 0.1) is 18.9 Å². The van der Waals surface area contributed by atoms with Crippen molar-refractivity contribution in [1.82, 2.24) is 10.2 Å². The van der Waals surface area contributed by atoms with Crippen molar-refractivity contribution in [2.45, 2.75) is 227 Å². The summed E-state index contributed by atoms with van der Waals surface area (Å²) >= 11 is 0. The molecule has 0 saturated heterocycles. The van der Waals surface area contributed by atoms with Crippen LogP contribution in [0, 0.1) is 5.92 Å². The monoisotopic (exact) mass is 885 g/mol. The van der Waals surface area contributed by atoms with E-state index < -0.39 is 24.3 Å². The first kappa shape index (κ1) is 59.6. The topological polar surface area (TPSA) is 139 Å². The van der Waals surface area contributed by atoms with Crippen LogP contribution in [0.5, 0.6) is 0 Å². The number of hydrogen-bond donors (Lipinski definition) is 1. The SMILES string of the molecule is CCCCCCCCCCOC(=O)CCCCCCCC(=O)OCC(COC(=O)CCC(OCCCCCCCC)OCCCCCCCC)COC(=O)NCCN(CC)CC. The fourth-order valence-electron chi connectivity index (χ4n) is 7.02. The molecule has 1 amide bonds. The van der Waals surface area contributed by atoms with Crippen molar-refractivity contribution in [3.63, 3.8) is 0 Å². The zero-order valence-electron chi connectivity index (χ0n) is 40.8. The van der Waals surface area contributed by atoms with Gasteiger partial charge in [-0.25, -0.2) is 4.79 Å². The molecular weight excluding hydrogens is 789 g/mol. The number of ether oxygens (including phenoxy) is 6. The lowest BCUT2D eigenvalue weighted by atomic mass is 10.1. The van der Waals surface area contributed by atoms with Gasteiger partial charge in [-0.2, -0.15) is 0 Å². The van der Waals surface area contributed by atoms with E-state index in [1.54, 1.807) is 0 Å². The summed E-state index contributed by atoms with van der Waals surface area (Å²) in [7, 11) is 0. The number of rotatable bonds is 47. The van der Waals surface area contributed by atoms with Crippen molar-refractivity contribution in [2.24, 2.45) is 5.92 Å². The molecule has 0 spiro atoms. The van der Waals surface area contributed by atoms with Gasteiger partial charge in [0.1, 0.15) is 19.8 Å². The van der Waals surface area contributed by atoms with Crippen molar-refractivity contribution in [3.8, 4) is 0 Å². The molecule has 0 aliphatic heterocycles. The van der Waals surface area contributed by atoms with Gasteiger partial charge >= 0.3 is 24.0 Å². The van der Waals surface area contributed by atoms with Crippen molar-refractivity contribution in [1.29, 1.82) is 0 Å². The Labute approximate surface area is 379 Å². The van der Waals surface area contributed by atoms with Crippen molar-refractivity contribution in [2.75, 3.05) is 65.8 Å². The van der Waals surface area contributed by atoms with Gasteiger partial charge in [-0.15, -0.1) is 0 Å². The number of unbranched alkanes of at least 4 members (excludes halogenated alkanes) is 21. The molecule has 0 aromatic heterocycles. The standard InChI is InChI=1S/C50H96N2O10/c1-6-11-14-17-20-21-27-30-39-57-46(53)33-28-23-22-24-29-34-47(54)60-42-45(44-62-50(56)51-37-38-52(9-4)10-5)43-61-48(55)35-36-49(58-40-31-25-18-15-12-7-2)59-41-32-26-19-16-13-8-3/h45,49H,6-44H2,1-5H3,(H,51,56). The van der Waals surface area contributed by atoms with Crippen LogP contribution in [-0.2, 0) is 42.8 Å². The number of esters is 3. The molecule has 12 heteroatoms. The third-order valence-electron chi connectivity index (χ3n) is 11.2. The van der Waals surface area contributed by atoms with Crippen LogP contribution in [0.3, 0.4) is 0 Å². The fraction of sp³-hybridized carbons (Fsp3) is 0.920. The molecule has 0 aliphatic rings. The molecule has 0 aromatic rings. The summed E-state index contributed by atoms with van der Waals surface area (Å²) in [6.07, 6.45) is 28.0. The van der Waals surface area contributed by atoms with Crippen LogP contribution in [0.1, 0.15) is 221 Å². The number of carbonyl (C=O) groups is 4. The molecule has 0 radical (unpaired) electrons. The van der Waals surface area contributed by atoms with Gasteiger partial charge in [0.15, 0.2) is 6.29 Å². The maximum Gasteiger partial charge on any atom is 0.407 e. The first-order valence-corrected chi connectivity index (χ1v) is 25.6. The number of nitrogens with zero attached hydrogens (tertiary/aromatic N) is 1. The lowest BCUT2D eigenvalue weighted by Gasteiger charge is -2.20. The lowest BCUT2D eigenvalue weighted by molar-refractivity contribution is -0.161. The molecule has 366 valence electrons. The van der Waals surface area contributed by atoms with Crippen molar-refractivity contribution in [3.05, 3.63) is 0 Å². The summed E-state index contributed by atoms with van der Waals surface area (Å²) in [5.41, 5.74) is 0. The second-order valence-corrected chi connectivity index (χ2v) is 17.0. The first-order chi connectivity index (χ1) is 30.3. The van der Waals surface area contributed by atoms with Crippen LogP contribution in [0.15, 0.2) is 0 Å². The molecule has 0 fully saturated rings. The Kier molecular flexibility index (Phi) is 44.7. The number of carbonyl (C=O) groups excluding carboxylic acids is 4. The van der Waals surface area contributed by atoms with E-state index >= 15 is 0 Å². The second-order valence-electron chi connectivity index (χ2n) is 17.0. The highest BCUT2D eigenvalue weighted by atomic mass is 16.7. The van der Waals surface area contributed by atoms with Crippen molar-refractivity contribution < 1.29 is 47.6 Å². The van der Waals surface area contributed by atoms with Gasteiger partial charge in [-0.3, -0.25) is 14.4 Å². The van der Waals surface area contributed by atoms with Gasteiger partial charge in [-0.1, -0.05) is 163 Å². The van der Waals surface area contributed by atoms with Gasteiger partial charge in [0.2, 0.25) is 0 Å². The Morgan fingerprint density at radius 1 is 0.435 bits per heavy atom. The quantitative estimate of drug-likeness (QED) is 0.0270. The smallest absolute Gasteiger partial charge is 0.407 e. The maximum absolute atomic E-state index is 13.0. The largest absolute Gasteiger partial charge is 0.466 e. The van der Waals surface area contributed by atoms with Gasteiger partial charge in [-0.05, 0) is 45.2 Å². The van der Waals surface area contributed by atoms with E-state index in [-0.39, 0.29) is 44.6 Å². The van der Waals surface area contributed by atoms with Crippen LogP contribution >= 0.6 is 0 Å². The summed E-state index contributed by atoms with van der Waals surface area (Å²) in [6.45, 7) is 15.3. The van der Waals surface area contributed by atoms with Crippen LogP contribution in [0.25, 0.3) is 0 Å². The van der Waals surface area contributed by atoms with Gasteiger partial charge in [0.25, 0.3) is 0 Å². The summed E-state index contributed by atoms with van der Waals surface area (Å²) in [4.78, 5) is 52.4. The number of alkyl carbamates (subject to hydrolysis) is 1. The average molecular weight is 885 g/mol. The van der Waals surface area contributed by atoms with E-state index in [1.165, 1.54) is 89.9 Å². The molecule has 12 nitrogen and oxygen atoms in total. The molecule has 0 aliphatic carbocycles. The van der Waals surface area contributed by atoms with E-state index in [0.717, 1.165) is 77.3 Å². The van der Waals surface area contributed by atoms with Gasteiger partial charge < -0.3 is 38.6 Å². The number of amides is 1. The molecule has 0 aromatic carbocycles. The molecule has 1 unspecified atom stereocenters. The van der Waals surface area contributed by atoms with Crippen LogP contribution < -0.4 is 5.32 Å². The highest BCUT2D eigenvalue weighted by Crippen LogP contribution is 2.14. The normalized spacial score (nSPS) is 11.9. The van der Waals surface area contributed by atoms with Gasteiger partial charge in [0, 0.05) is 45.6 Å². The molecule has 0 heterocycles. The molecule has 0 bridgehead atoms. The molecule has 0 saturated carbocycles. The summed E-state index contributed by atoms with van der Waals surface area (Å²) in [5, 5.41) is 2.77. The molecule has 62 heavy (non-hydrogen) atoms. The molecule has 1 N–H and O–H groups in total. The minimum absolute atomic E-state index is 0.0364. The Bertz CT molecular complexity index is 1010. The third kappa shape index (κ3) is 41.6. The highest BCUT2D eigenvalue weighted by molar-refractivity contribution is 5.70. The molecule has 0 rings (SSSR count). The van der Waals surface area contributed by atoms with Crippen LogP contribution in [0.2, 0.25) is 0 Å². The lowest BCUT2D eigenvalue weighted by Crippen LogP contribution is -2.36. The summed E-state index contributed by atoms with van der Waals surface area (Å²) < 4.78 is 34.2. The zero-order chi connectivity index (χ0) is 45.6. The average Bonchev–Trinajstić information content (AvgIpc) is 3.27. The third-order valence-corrected chi connectivity index (χ3v) is 11.2. The van der Waals surface area contributed by atoms with E-state index in [2.05, 4.69) is 44.8 Å². The Hall–Kier alpha value is -2.44. The predicted octanol–water partition coefficient (Wildman–Crippen LogP) is 12.0. The Morgan fingerprint density at radius 2 is 0.823 bits per heavy atom. The number of nitrogens with one attached hydrogen (secondary N) is 1. The zero-order valence-corrected chi connectivity index (χ0v) is 40.8. The van der Waals surface area contributed by atoms with E-state index in [9.17, 15) is 19.2 Å². The first-order valence-electron chi connectivity index (χ1n) is 25.6. The number of likely N-dealkylation sites (N-methyl/N-ethyl adjacent to an activating group) is 1. The van der Waals surface area contributed by atoms with E-state index in [4.69, 9.17) is 28.4 Å². The summed E-state index contributed by atoms with van der Waals surface area (Å²) in [5.74, 6) is -1.39. The van der Waals surface area contributed by atoms with E-state index in [1.807, 2.05) is 0 Å². The predicted molar refractivity (Wildman–Crippen MR) is 250 cm³/mol. The van der Waals surface area contributed by atoms with E-state index in [0.29, 0.717) is 52.2 Å². The number of hydrogen-bond acceptors (Lipinski definition) is 11. The highest BCUT2D eigenvalue weighted by Gasteiger charge is 2.19. The van der Waals surface area contributed by atoms with Crippen LogP contribution in [-0.4, -0.2) is 101 Å². The van der Waals surface area contributed by atoms with Crippen LogP contribution in [0.4, 0.5) is 4.79 Å².